The van der Waals surface area contributed by atoms with Crippen LogP contribution in [0.2, 0.25) is 0 Å². The molecular formula is C25H35N5O2S2. The Hall–Kier alpha value is -2.15. The van der Waals surface area contributed by atoms with Crippen molar-refractivity contribution >= 4 is 46.1 Å². The summed E-state index contributed by atoms with van der Waals surface area (Å²) in [5.41, 5.74) is 1.27. The van der Waals surface area contributed by atoms with Gasteiger partial charge in [-0.15, -0.1) is 0 Å². The zero-order valence-electron chi connectivity index (χ0n) is 20.7. The molecule has 0 unspecified atom stereocenters. The summed E-state index contributed by atoms with van der Waals surface area (Å²) < 4.78 is 2.26. The van der Waals surface area contributed by atoms with Gasteiger partial charge in [-0.2, -0.15) is 5.26 Å². The number of carbonyl (C=O) groups excluding carboxylic acids is 1. The van der Waals surface area contributed by atoms with E-state index in [1.165, 1.54) is 11.8 Å². The van der Waals surface area contributed by atoms with E-state index in [2.05, 4.69) is 29.7 Å². The Morgan fingerprint density at radius 1 is 1.06 bits per heavy atom. The summed E-state index contributed by atoms with van der Waals surface area (Å²) in [5, 5.41) is 9.74. The third-order valence-electron chi connectivity index (χ3n) is 6.67. The number of nitrogens with zero attached hydrogens (tertiary/aromatic N) is 5. The molecule has 3 heterocycles. The molecule has 7 nitrogen and oxygen atoms in total. The number of anilines is 1. The molecule has 1 aromatic heterocycles. The van der Waals surface area contributed by atoms with Gasteiger partial charge in [-0.1, -0.05) is 57.1 Å². The molecule has 34 heavy (non-hydrogen) atoms. The maximum absolute atomic E-state index is 13.2. The zero-order chi connectivity index (χ0) is 24.8. The first-order chi connectivity index (χ1) is 16.4. The van der Waals surface area contributed by atoms with Crippen molar-refractivity contribution in [3.05, 3.63) is 31.9 Å². The van der Waals surface area contributed by atoms with E-state index in [1.54, 1.807) is 9.47 Å². The number of unbranched alkanes of at least 4 members (excludes halogenated alkanes) is 3. The van der Waals surface area contributed by atoms with Crippen LogP contribution in [0.5, 0.6) is 0 Å². The lowest BCUT2D eigenvalue weighted by molar-refractivity contribution is -0.122. The number of carbonyl (C=O) groups is 1. The van der Waals surface area contributed by atoms with Crippen LogP contribution in [-0.4, -0.2) is 63.9 Å². The van der Waals surface area contributed by atoms with E-state index >= 15 is 0 Å². The number of nitriles is 1. The van der Waals surface area contributed by atoms with E-state index in [0.29, 0.717) is 27.9 Å². The molecule has 0 saturated carbocycles. The van der Waals surface area contributed by atoms with Crippen LogP contribution in [0.15, 0.2) is 9.70 Å². The van der Waals surface area contributed by atoms with Crippen LogP contribution >= 0.6 is 24.0 Å². The number of thioether (sulfide) groups is 1. The van der Waals surface area contributed by atoms with Gasteiger partial charge in [-0.3, -0.25) is 19.1 Å². The van der Waals surface area contributed by atoms with Crippen molar-refractivity contribution in [1.82, 2.24) is 14.4 Å². The summed E-state index contributed by atoms with van der Waals surface area (Å²) in [6, 6.07) is 2.10. The monoisotopic (exact) mass is 501 g/mol. The maximum Gasteiger partial charge on any atom is 0.270 e. The highest BCUT2D eigenvalue weighted by atomic mass is 32.2. The number of amides is 1. The molecule has 2 saturated heterocycles. The molecule has 0 spiro atoms. The number of rotatable bonds is 9. The van der Waals surface area contributed by atoms with Crippen molar-refractivity contribution in [1.29, 1.82) is 5.26 Å². The Bertz CT molecular complexity index is 1060. The normalized spacial score (nSPS) is 18.3. The largest absolute Gasteiger partial charge is 0.355 e. The minimum Gasteiger partial charge on any atom is -0.355 e. The highest BCUT2D eigenvalue weighted by Crippen LogP contribution is 2.36. The predicted molar refractivity (Wildman–Crippen MR) is 144 cm³/mol. The van der Waals surface area contributed by atoms with E-state index < -0.39 is 0 Å². The van der Waals surface area contributed by atoms with Crippen LogP contribution in [0, 0.1) is 18.3 Å². The molecule has 2 fully saturated rings. The summed E-state index contributed by atoms with van der Waals surface area (Å²) in [6.07, 6.45) is 6.15. The van der Waals surface area contributed by atoms with E-state index in [0.717, 1.165) is 69.8 Å². The summed E-state index contributed by atoms with van der Waals surface area (Å²) >= 11 is 6.84. The summed E-state index contributed by atoms with van der Waals surface area (Å²) in [4.78, 5) is 33.2. The molecule has 2 aliphatic rings. The van der Waals surface area contributed by atoms with Gasteiger partial charge in [-0.05, 0) is 38.5 Å². The van der Waals surface area contributed by atoms with Crippen molar-refractivity contribution in [3.63, 3.8) is 0 Å². The fourth-order valence-corrected chi connectivity index (χ4v) is 5.87. The lowest BCUT2D eigenvalue weighted by Crippen LogP contribution is -2.48. The Morgan fingerprint density at radius 3 is 2.35 bits per heavy atom. The van der Waals surface area contributed by atoms with Gasteiger partial charge in [0.1, 0.15) is 21.8 Å². The van der Waals surface area contributed by atoms with Crippen molar-refractivity contribution in [3.8, 4) is 6.07 Å². The van der Waals surface area contributed by atoms with Crippen molar-refractivity contribution in [2.45, 2.75) is 59.9 Å². The lowest BCUT2D eigenvalue weighted by Gasteiger charge is -2.37. The molecule has 1 amide bonds. The number of likely N-dealkylation sites (N-methyl/N-ethyl adjacent to an activating group) is 1. The first-order valence-electron chi connectivity index (χ1n) is 12.3. The van der Waals surface area contributed by atoms with Gasteiger partial charge in [0.05, 0.1) is 4.91 Å². The van der Waals surface area contributed by atoms with Crippen molar-refractivity contribution in [2.75, 3.05) is 44.2 Å². The van der Waals surface area contributed by atoms with Gasteiger partial charge < -0.3 is 9.80 Å². The summed E-state index contributed by atoms with van der Waals surface area (Å²) in [5.74, 6) is 0.716. The highest BCUT2D eigenvalue weighted by Gasteiger charge is 2.33. The predicted octanol–water partition coefficient (Wildman–Crippen LogP) is 3.97. The molecule has 0 aromatic carbocycles. The first-order valence-corrected chi connectivity index (χ1v) is 13.5. The van der Waals surface area contributed by atoms with Crippen LogP contribution in [-0.2, 0) is 11.3 Å². The van der Waals surface area contributed by atoms with Crippen LogP contribution < -0.4 is 10.5 Å². The third-order valence-corrected chi connectivity index (χ3v) is 8.04. The van der Waals surface area contributed by atoms with Crippen LogP contribution in [0.1, 0.15) is 63.1 Å². The Balaban J connectivity index is 2.04. The highest BCUT2D eigenvalue weighted by molar-refractivity contribution is 8.26. The quantitative estimate of drug-likeness (QED) is 0.288. The minimum atomic E-state index is -0.268. The fourth-order valence-electron chi connectivity index (χ4n) is 4.57. The molecule has 9 heteroatoms. The van der Waals surface area contributed by atoms with Crippen LogP contribution in [0.4, 0.5) is 5.82 Å². The van der Waals surface area contributed by atoms with Gasteiger partial charge in [0.25, 0.3) is 11.5 Å². The number of piperazine rings is 1. The maximum atomic E-state index is 13.2. The van der Waals surface area contributed by atoms with E-state index in [4.69, 9.17) is 12.2 Å². The zero-order valence-corrected chi connectivity index (χ0v) is 22.4. The van der Waals surface area contributed by atoms with Gasteiger partial charge in [0.2, 0.25) is 0 Å². The van der Waals surface area contributed by atoms with E-state index in [9.17, 15) is 14.9 Å². The number of hydrogen-bond donors (Lipinski definition) is 0. The van der Waals surface area contributed by atoms with Gasteiger partial charge >= 0.3 is 0 Å². The number of aromatic nitrogens is 1. The van der Waals surface area contributed by atoms with Crippen molar-refractivity contribution < 1.29 is 4.79 Å². The smallest absolute Gasteiger partial charge is 0.270 e. The number of thiocarbonyl (C=S) groups is 1. The van der Waals surface area contributed by atoms with Gasteiger partial charge in [0.15, 0.2) is 0 Å². The molecule has 0 bridgehead atoms. The second-order valence-electron chi connectivity index (χ2n) is 8.71. The number of pyridine rings is 1. The second kappa shape index (κ2) is 12.0. The first kappa shape index (κ1) is 26.5. The second-order valence-corrected chi connectivity index (χ2v) is 10.4. The van der Waals surface area contributed by atoms with Crippen LogP contribution in [0.3, 0.4) is 0 Å². The SMILES string of the molecule is CCCCCCN1C(=O)/C(=C/c2c(C)c(C#N)c(=O)n(CC)c2N2CCN(CC)CC2)SC1=S. The molecule has 1 aromatic rings. The van der Waals surface area contributed by atoms with Gasteiger partial charge in [0, 0.05) is 44.8 Å². The average molecular weight is 502 g/mol. The molecule has 184 valence electrons. The topological polar surface area (TPSA) is 72.6 Å². The Kier molecular flexibility index (Phi) is 9.34. The Morgan fingerprint density at radius 2 is 1.76 bits per heavy atom. The van der Waals surface area contributed by atoms with E-state index in [-0.39, 0.29) is 17.0 Å². The molecule has 0 aliphatic carbocycles. The van der Waals surface area contributed by atoms with E-state index in [1.807, 2.05) is 19.9 Å². The molecule has 0 N–H and O–H groups in total. The minimum absolute atomic E-state index is 0.0830. The molecule has 0 atom stereocenters. The number of hydrogen-bond acceptors (Lipinski definition) is 7. The molecular weight excluding hydrogens is 466 g/mol. The Labute approximate surface area is 212 Å². The van der Waals surface area contributed by atoms with Gasteiger partial charge in [-0.25, -0.2) is 0 Å². The molecule has 2 aliphatic heterocycles. The third kappa shape index (κ3) is 5.40. The lowest BCUT2D eigenvalue weighted by atomic mass is 10.0. The standard InChI is InChI=1S/C25H35N5O2S2/c1-5-8-9-10-11-30-24(32)21(34-25(30)33)16-19-18(4)20(17-26)23(31)29(7-3)22(19)28-14-12-27(6-2)13-15-28/h16H,5-15H2,1-4H3/b21-16-. The van der Waals surface area contributed by atoms with Crippen molar-refractivity contribution in [2.24, 2.45) is 0 Å². The van der Waals surface area contributed by atoms with Crippen LogP contribution in [0.25, 0.3) is 6.08 Å². The fraction of sp³-hybridized carbons (Fsp3) is 0.600. The average Bonchev–Trinajstić information content (AvgIpc) is 3.11. The summed E-state index contributed by atoms with van der Waals surface area (Å²) in [6.45, 7) is 13.5. The molecule has 3 rings (SSSR count). The molecule has 0 radical (unpaired) electrons. The summed E-state index contributed by atoms with van der Waals surface area (Å²) in [7, 11) is 0.